The fourth-order valence-corrected chi connectivity index (χ4v) is 1.45. The maximum atomic E-state index is 11.8. The second-order valence-corrected chi connectivity index (χ2v) is 3.82. The third-order valence-electron chi connectivity index (χ3n) is 2.54. The number of esters is 1. The lowest BCUT2D eigenvalue weighted by Gasteiger charge is -2.12. The van der Waals surface area contributed by atoms with Gasteiger partial charge in [0, 0.05) is 0 Å². The van der Waals surface area contributed by atoms with Crippen molar-refractivity contribution < 1.29 is 24.2 Å². The number of ether oxygens (including phenoxy) is 2. The highest BCUT2D eigenvalue weighted by atomic mass is 16.6. The Morgan fingerprint density at radius 2 is 2.06 bits per heavy atom. The fraction of sp³-hybridized carbons (Fsp3) is 0.385. The molecule has 18 heavy (non-hydrogen) atoms. The van der Waals surface area contributed by atoms with Gasteiger partial charge in [0.25, 0.3) is 0 Å². The molecule has 1 N–H and O–H groups in total. The molecule has 1 aromatic rings. The minimum Gasteiger partial charge on any atom is -0.496 e. The lowest BCUT2D eigenvalue weighted by atomic mass is 10.1. The highest BCUT2D eigenvalue weighted by Crippen LogP contribution is 2.20. The van der Waals surface area contributed by atoms with E-state index in [1.165, 1.54) is 13.2 Å². The van der Waals surface area contributed by atoms with Gasteiger partial charge in [-0.1, -0.05) is 13.0 Å². The predicted molar refractivity (Wildman–Crippen MR) is 64.9 cm³/mol. The zero-order chi connectivity index (χ0) is 13.7. The number of aryl methyl sites for hydroxylation is 1. The maximum absolute atomic E-state index is 11.8. The van der Waals surface area contributed by atoms with Gasteiger partial charge in [-0.3, -0.25) is 0 Å². The monoisotopic (exact) mass is 252 g/mol. The van der Waals surface area contributed by atoms with Crippen LogP contribution < -0.4 is 4.74 Å². The number of carbonyl (C=O) groups excluding carboxylic acids is 1. The van der Waals surface area contributed by atoms with Crippen LogP contribution in [0, 0.1) is 6.92 Å². The van der Waals surface area contributed by atoms with E-state index in [2.05, 4.69) is 0 Å². The van der Waals surface area contributed by atoms with Crippen LogP contribution in [0.3, 0.4) is 0 Å². The molecule has 0 fully saturated rings. The third-order valence-corrected chi connectivity index (χ3v) is 2.54. The van der Waals surface area contributed by atoms with E-state index >= 15 is 0 Å². The van der Waals surface area contributed by atoms with Crippen LogP contribution in [0.25, 0.3) is 0 Å². The summed E-state index contributed by atoms with van der Waals surface area (Å²) in [5.41, 5.74) is 1.16. The lowest BCUT2D eigenvalue weighted by Crippen LogP contribution is -2.26. The number of carbonyl (C=O) groups is 2. The molecule has 1 atom stereocenters. The van der Waals surface area contributed by atoms with E-state index in [9.17, 15) is 9.59 Å². The number of carboxylic acid groups (broad SMARTS) is 1. The summed E-state index contributed by atoms with van der Waals surface area (Å²) in [5.74, 6) is -1.25. The van der Waals surface area contributed by atoms with Crippen molar-refractivity contribution >= 4 is 11.9 Å². The smallest absolute Gasteiger partial charge is 0.345 e. The highest BCUT2D eigenvalue weighted by Gasteiger charge is 2.21. The van der Waals surface area contributed by atoms with Crippen molar-refractivity contribution in [3.63, 3.8) is 0 Å². The molecule has 98 valence electrons. The number of aliphatic carboxylic acids is 1. The lowest BCUT2D eigenvalue weighted by molar-refractivity contribution is -0.147. The van der Waals surface area contributed by atoms with Gasteiger partial charge >= 0.3 is 11.9 Å². The molecule has 0 radical (unpaired) electrons. The van der Waals surface area contributed by atoms with Crippen molar-refractivity contribution in [3.8, 4) is 5.75 Å². The van der Waals surface area contributed by atoms with E-state index in [1.807, 2.05) is 6.92 Å². The molecule has 0 saturated carbocycles. The summed E-state index contributed by atoms with van der Waals surface area (Å²) < 4.78 is 9.98. The first-order valence-corrected chi connectivity index (χ1v) is 5.58. The molecule has 5 nitrogen and oxygen atoms in total. The largest absolute Gasteiger partial charge is 0.496 e. The van der Waals surface area contributed by atoms with Crippen molar-refractivity contribution in [1.29, 1.82) is 0 Å². The Bertz CT molecular complexity index is 453. The van der Waals surface area contributed by atoms with Gasteiger partial charge in [0.15, 0.2) is 6.10 Å². The van der Waals surface area contributed by atoms with Gasteiger partial charge in [0.05, 0.1) is 12.7 Å². The van der Waals surface area contributed by atoms with E-state index in [0.29, 0.717) is 5.75 Å². The summed E-state index contributed by atoms with van der Waals surface area (Å²) in [7, 11) is 1.50. The van der Waals surface area contributed by atoms with E-state index in [-0.39, 0.29) is 12.0 Å². The maximum Gasteiger partial charge on any atom is 0.345 e. The van der Waals surface area contributed by atoms with Gasteiger partial charge in [-0.25, -0.2) is 9.59 Å². The molecule has 1 unspecified atom stereocenters. The second-order valence-electron chi connectivity index (χ2n) is 3.82. The number of methoxy groups -OCH3 is 1. The van der Waals surface area contributed by atoms with Gasteiger partial charge in [-0.05, 0) is 31.0 Å². The number of rotatable bonds is 5. The first-order valence-electron chi connectivity index (χ1n) is 5.58. The van der Waals surface area contributed by atoms with Crippen LogP contribution in [0.2, 0.25) is 0 Å². The normalized spacial score (nSPS) is 11.7. The van der Waals surface area contributed by atoms with Crippen LogP contribution in [0.5, 0.6) is 5.75 Å². The first kappa shape index (κ1) is 14.0. The molecule has 0 amide bonds. The summed E-state index contributed by atoms with van der Waals surface area (Å²) in [5, 5.41) is 8.81. The zero-order valence-corrected chi connectivity index (χ0v) is 10.6. The van der Waals surface area contributed by atoms with Crippen molar-refractivity contribution in [3.05, 3.63) is 29.3 Å². The zero-order valence-electron chi connectivity index (χ0n) is 10.6. The van der Waals surface area contributed by atoms with Crippen LogP contribution >= 0.6 is 0 Å². The fourth-order valence-electron chi connectivity index (χ4n) is 1.45. The van der Waals surface area contributed by atoms with Gasteiger partial charge in [0.1, 0.15) is 5.75 Å². The van der Waals surface area contributed by atoms with Gasteiger partial charge in [-0.2, -0.15) is 0 Å². The molecule has 5 heteroatoms. The van der Waals surface area contributed by atoms with Crippen LogP contribution in [-0.4, -0.2) is 30.3 Å². The molecule has 0 aliphatic heterocycles. The van der Waals surface area contributed by atoms with Crippen molar-refractivity contribution in [2.75, 3.05) is 7.11 Å². The van der Waals surface area contributed by atoms with Gasteiger partial charge < -0.3 is 14.6 Å². The Kier molecular flexibility index (Phi) is 4.71. The minimum atomic E-state index is -1.15. The molecule has 0 aromatic heterocycles. The highest BCUT2D eigenvalue weighted by molar-refractivity contribution is 5.91. The number of benzene rings is 1. The molecule has 1 aromatic carbocycles. The Hall–Kier alpha value is -2.04. The summed E-state index contributed by atoms with van der Waals surface area (Å²) in [6.07, 6.45) is -0.894. The van der Waals surface area contributed by atoms with E-state index in [4.69, 9.17) is 14.6 Å². The van der Waals surface area contributed by atoms with E-state index in [1.54, 1.807) is 19.1 Å². The van der Waals surface area contributed by atoms with Crippen LogP contribution in [-0.2, 0) is 9.53 Å². The van der Waals surface area contributed by atoms with Crippen LogP contribution in [0.4, 0.5) is 0 Å². The summed E-state index contributed by atoms with van der Waals surface area (Å²) in [6.45, 7) is 3.49. The number of carboxylic acids is 1. The Morgan fingerprint density at radius 3 is 2.56 bits per heavy atom. The van der Waals surface area contributed by atoms with Crippen LogP contribution in [0.15, 0.2) is 18.2 Å². The predicted octanol–water partition coefficient (Wildman–Crippen LogP) is 2.02. The average molecular weight is 252 g/mol. The molecule has 0 aliphatic rings. The van der Waals surface area contributed by atoms with E-state index in [0.717, 1.165) is 5.56 Å². The Morgan fingerprint density at radius 1 is 1.39 bits per heavy atom. The van der Waals surface area contributed by atoms with Crippen molar-refractivity contribution in [2.24, 2.45) is 0 Å². The minimum absolute atomic E-state index is 0.226. The summed E-state index contributed by atoms with van der Waals surface area (Å²) in [6, 6.07) is 4.83. The molecule has 0 aliphatic carbocycles. The molecule has 1 rings (SSSR count). The SMILES string of the molecule is CCC(OC(=O)c1ccc(C)c(OC)c1)C(=O)O. The average Bonchev–Trinajstić information content (AvgIpc) is 2.35. The number of hydrogen-bond donors (Lipinski definition) is 1. The summed E-state index contributed by atoms with van der Waals surface area (Å²) in [4.78, 5) is 22.5. The molecular formula is C13H16O5. The third kappa shape index (κ3) is 3.23. The second kappa shape index (κ2) is 6.05. The summed E-state index contributed by atoms with van der Waals surface area (Å²) >= 11 is 0. The van der Waals surface area contributed by atoms with E-state index < -0.39 is 18.0 Å². The number of hydrogen-bond acceptors (Lipinski definition) is 4. The Labute approximate surface area is 105 Å². The standard InChI is InChI=1S/C13H16O5/c1-4-10(12(14)15)18-13(16)9-6-5-8(2)11(7-9)17-3/h5-7,10H,4H2,1-3H3,(H,14,15). The first-order chi connectivity index (χ1) is 8.49. The van der Waals surface area contributed by atoms with Gasteiger partial charge in [-0.15, -0.1) is 0 Å². The quantitative estimate of drug-likeness (QED) is 0.811. The Balaban J connectivity index is 2.87. The topological polar surface area (TPSA) is 72.8 Å². The molecule has 0 spiro atoms. The van der Waals surface area contributed by atoms with Gasteiger partial charge in [0.2, 0.25) is 0 Å². The molecule has 0 saturated heterocycles. The molecule has 0 heterocycles. The molecule has 0 bridgehead atoms. The van der Waals surface area contributed by atoms with Crippen molar-refractivity contribution in [1.82, 2.24) is 0 Å². The van der Waals surface area contributed by atoms with Crippen LogP contribution in [0.1, 0.15) is 29.3 Å². The van der Waals surface area contributed by atoms with Crippen molar-refractivity contribution in [2.45, 2.75) is 26.4 Å². The molecular weight excluding hydrogens is 236 g/mol.